The Labute approximate surface area is 136 Å². The van der Waals surface area contributed by atoms with E-state index >= 15 is 0 Å². The van der Waals surface area contributed by atoms with Crippen molar-refractivity contribution in [1.29, 1.82) is 0 Å². The molecule has 0 bridgehead atoms. The highest BCUT2D eigenvalue weighted by Gasteiger charge is 2.27. The molecule has 1 aromatic heterocycles. The van der Waals surface area contributed by atoms with Crippen LogP contribution in [0.25, 0.3) is 0 Å². The molecule has 1 aromatic carbocycles. The summed E-state index contributed by atoms with van der Waals surface area (Å²) < 4.78 is 15.1. The minimum atomic E-state index is -0.363. The van der Waals surface area contributed by atoms with Crippen LogP contribution in [0.1, 0.15) is 11.1 Å². The van der Waals surface area contributed by atoms with Gasteiger partial charge >= 0.3 is 0 Å². The summed E-state index contributed by atoms with van der Waals surface area (Å²) in [6.45, 7) is 3.65. The molecule has 120 valence electrons. The van der Waals surface area contributed by atoms with Gasteiger partial charge in [-0.25, -0.2) is 9.37 Å². The highest BCUT2D eigenvalue weighted by atomic mass is 32.2. The average molecular weight is 333 g/mol. The van der Waals surface area contributed by atoms with Crippen molar-refractivity contribution in [1.82, 2.24) is 9.55 Å². The first-order valence-electron chi connectivity index (χ1n) is 7.22. The summed E-state index contributed by atoms with van der Waals surface area (Å²) in [7, 11) is 0. The highest BCUT2D eigenvalue weighted by molar-refractivity contribution is 7.99. The van der Waals surface area contributed by atoms with Crippen LogP contribution >= 0.6 is 11.8 Å². The Morgan fingerprint density at radius 1 is 1.39 bits per heavy atom. The molecule has 1 aliphatic heterocycles. The number of nitrogens with zero attached hydrogens (tertiary/aromatic N) is 2. The van der Waals surface area contributed by atoms with Gasteiger partial charge in [-0.15, -0.1) is 0 Å². The lowest BCUT2D eigenvalue weighted by Crippen LogP contribution is -2.37. The van der Waals surface area contributed by atoms with Gasteiger partial charge in [-0.3, -0.25) is 14.2 Å². The fraction of sp³-hybridized carbons (Fsp3) is 0.312. The van der Waals surface area contributed by atoms with Crippen LogP contribution in [0.2, 0.25) is 0 Å². The van der Waals surface area contributed by atoms with E-state index in [1.807, 2.05) is 0 Å². The van der Waals surface area contributed by atoms with Crippen molar-refractivity contribution in [2.45, 2.75) is 25.5 Å². The Morgan fingerprint density at radius 2 is 2.17 bits per heavy atom. The molecule has 7 heteroatoms. The largest absolute Gasteiger partial charge is 0.326 e. The van der Waals surface area contributed by atoms with E-state index in [0.717, 1.165) is 0 Å². The molecule has 2 heterocycles. The number of carbonyl (C=O) groups is 1. The van der Waals surface area contributed by atoms with E-state index in [4.69, 9.17) is 0 Å². The van der Waals surface area contributed by atoms with Crippen molar-refractivity contribution < 1.29 is 9.18 Å². The lowest BCUT2D eigenvalue weighted by molar-refractivity contribution is -0.119. The van der Waals surface area contributed by atoms with Crippen molar-refractivity contribution in [2.75, 3.05) is 11.1 Å². The van der Waals surface area contributed by atoms with E-state index in [1.165, 1.54) is 22.4 Å². The van der Waals surface area contributed by atoms with Gasteiger partial charge in [0.25, 0.3) is 5.56 Å². The molecule has 23 heavy (non-hydrogen) atoms. The average Bonchev–Trinajstić information content (AvgIpc) is 2.54. The van der Waals surface area contributed by atoms with Crippen molar-refractivity contribution in [3.8, 4) is 0 Å². The first kappa shape index (κ1) is 15.7. The Hall–Kier alpha value is -2.15. The Balaban J connectivity index is 1.77. The van der Waals surface area contributed by atoms with Gasteiger partial charge in [-0.2, -0.15) is 0 Å². The van der Waals surface area contributed by atoms with Crippen LogP contribution in [-0.2, 0) is 11.3 Å². The van der Waals surface area contributed by atoms with Crippen molar-refractivity contribution >= 4 is 23.4 Å². The number of halogens is 1. The highest BCUT2D eigenvalue weighted by Crippen LogP contribution is 2.26. The number of carbonyl (C=O) groups excluding carboxylic acids is 1. The lowest BCUT2D eigenvalue weighted by Gasteiger charge is -2.24. The second-order valence-corrected chi connectivity index (χ2v) is 6.59. The molecule has 0 spiro atoms. The smallest absolute Gasteiger partial charge is 0.257 e. The van der Waals surface area contributed by atoms with Crippen LogP contribution < -0.4 is 10.9 Å². The number of rotatable bonds is 2. The monoisotopic (exact) mass is 333 g/mol. The molecule has 0 radical (unpaired) electrons. The number of hydrogen-bond acceptors (Lipinski definition) is 4. The number of hydrogen-bond donors (Lipinski definition) is 1. The SMILES string of the molecule is Cc1ccc(NC(=O)C2CSc3ncc(C)c(=O)n3C2)cc1F. The number of benzene rings is 1. The predicted molar refractivity (Wildman–Crippen MR) is 87.2 cm³/mol. The first-order chi connectivity index (χ1) is 11.0. The van der Waals surface area contributed by atoms with Gasteiger partial charge in [0.15, 0.2) is 5.16 Å². The number of nitrogens with one attached hydrogen (secondary N) is 1. The number of aromatic nitrogens is 2. The maximum atomic E-state index is 13.6. The molecular formula is C16H16FN3O2S. The molecule has 1 amide bonds. The van der Waals surface area contributed by atoms with Crippen molar-refractivity contribution in [3.63, 3.8) is 0 Å². The fourth-order valence-electron chi connectivity index (χ4n) is 2.37. The summed E-state index contributed by atoms with van der Waals surface area (Å²) in [6.07, 6.45) is 1.55. The molecule has 1 atom stereocenters. The van der Waals surface area contributed by atoms with Gasteiger partial charge in [-0.05, 0) is 31.5 Å². The van der Waals surface area contributed by atoms with Crippen LogP contribution in [0.3, 0.4) is 0 Å². The summed E-state index contributed by atoms with van der Waals surface area (Å²) >= 11 is 1.38. The van der Waals surface area contributed by atoms with Crippen LogP contribution in [0.4, 0.5) is 10.1 Å². The minimum absolute atomic E-state index is 0.124. The molecular weight excluding hydrogens is 317 g/mol. The molecule has 0 aliphatic carbocycles. The number of aryl methyl sites for hydroxylation is 2. The normalized spacial score (nSPS) is 16.7. The second-order valence-electron chi connectivity index (χ2n) is 5.60. The van der Waals surface area contributed by atoms with E-state index in [1.54, 1.807) is 32.2 Å². The molecule has 1 aliphatic rings. The predicted octanol–water partition coefficient (Wildman–Crippen LogP) is 2.36. The maximum Gasteiger partial charge on any atom is 0.257 e. The van der Waals surface area contributed by atoms with Crippen LogP contribution in [0.15, 0.2) is 34.3 Å². The van der Waals surface area contributed by atoms with Gasteiger partial charge < -0.3 is 5.32 Å². The van der Waals surface area contributed by atoms with E-state index in [9.17, 15) is 14.0 Å². The lowest BCUT2D eigenvalue weighted by atomic mass is 10.1. The standard InChI is InChI=1S/C16H16FN3O2S/c1-9-3-4-12(5-13(9)17)19-14(21)11-7-20-15(22)10(2)6-18-16(20)23-8-11/h3-6,11H,7-8H2,1-2H3,(H,19,21). The number of fused-ring (bicyclic) bond motifs is 1. The number of thioether (sulfide) groups is 1. The quantitative estimate of drug-likeness (QED) is 0.857. The van der Waals surface area contributed by atoms with Crippen molar-refractivity contribution in [2.24, 2.45) is 5.92 Å². The van der Waals surface area contributed by atoms with Crippen LogP contribution in [0, 0.1) is 25.6 Å². The first-order valence-corrected chi connectivity index (χ1v) is 8.20. The zero-order valence-corrected chi connectivity index (χ0v) is 13.6. The molecule has 0 saturated heterocycles. The fourth-order valence-corrected chi connectivity index (χ4v) is 3.42. The summed E-state index contributed by atoms with van der Waals surface area (Å²) in [5.41, 5.74) is 1.37. The molecule has 3 rings (SSSR count). The maximum absolute atomic E-state index is 13.6. The molecule has 0 fully saturated rings. The topological polar surface area (TPSA) is 64.0 Å². The summed E-state index contributed by atoms with van der Waals surface area (Å²) in [6, 6.07) is 4.58. The van der Waals surface area contributed by atoms with Crippen LogP contribution in [0.5, 0.6) is 0 Å². The number of anilines is 1. The molecule has 0 saturated carbocycles. The minimum Gasteiger partial charge on any atom is -0.326 e. The zero-order chi connectivity index (χ0) is 16.6. The third kappa shape index (κ3) is 3.14. The second kappa shape index (κ2) is 6.16. The van der Waals surface area contributed by atoms with Gasteiger partial charge in [0, 0.05) is 29.7 Å². The third-order valence-electron chi connectivity index (χ3n) is 3.81. The molecule has 2 aromatic rings. The molecule has 5 nitrogen and oxygen atoms in total. The molecule has 1 N–H and O–H groups in total. The van der Waals surface area contributed by atoms with Crippen molar-refractivity contribution in [3.05, 3.63) is 51.7 Å². The van der Waals surface area contributed by atoms with E-state index in [0.29, 0.717) is 27.7 Å². The van der Waals surface area contributed by atoms with E-state index < -0.39 is 0 Å². The van der Waals surface area contributed by atoms with Gasteiger partial charge in [-0.1, -0.05) is 17.8 Å². The van der Waals surface area contributed by atoms with Crippen LogP contribution in [-0.4, -0.2) is 21.2 Å². The van der Waals surface area contributed by atoms with Gasteiger partial charge in [0.05, 0.1) is 5.92 Å². The zero-order valence-electron chi connectivity index (χ0n) is 12.8. The van der Waals surface area contributed by atoms with E-state index in [-0.39, 0.29) is 29.7 Å². The Bertz CT molecular complexity index is 835. The van der Waals surface area contributed by atoms with Gasteiger partial charge in [0.2, 0.25) is 5.91 Å². The number of amides is 1. The van der Waals surface area contributed by atoms with Gasteiger partial charge in [0.1, 0.15) is 5.82 Å². The summed E-state index contributed by atoms with van der Waals surface area (Å²) in [5, 5.41) is 3.35. The summed E-state index contributed by atoms with van der Waals surface area (Å²) in [5.74, 6) is -0.407. The Kier molecular flexibility index (Phi) is 4.21. The third-order valence-corrected chi connectivity index (χ3v) is 4.96. The molecule has 1 unspecified atom stereocenters. The summed E-state index contributed by atoms with van der Waals surface area (Å²) in [4.78, 5) is 28.8. The van der Waals surface area contributed by atoms with E-state index in [2.05, 4.69) is 10.3 Å². The Morgan fingerprint density at radius 3 is 2.91 bits per heavy atom.